The van der Waals surface area contributed by atoms with E-state index in [9.17, 15) is 4.79 Å². The molecule has 2 aromatic rings. The van der Waals surface area contributed by atoms with E-state index in [1.807, 2.05) is 30.3 Å². The third-order valence-corrected chi connectivity index (χ3v) is 3.97. The third kappa shape index (κ3) is 2.08. The van der Waals surface area contributed by atoms with Crippen LogP contribution >= 0.6 is 0 Å². The Hall–Kier alpha value is -1.94. The molecule has 98 valence electrons. The number of nitrogens with zero attached hydrogens (tertiary/aromatic N) is 1. The van der Waals surface area contributed by atoms with E-state index in [-0.39, 0.29) is 11.4 Å². The summed E-state index contributed by atoms with van der Waals surface area (Å²) in [7, 11) is 0. The first-order chi connectivity index (χ1) is 9.24. The summed E-state index contributed by atoms with van der Waals surface area (Å²) in [5.74, 6) is -0.0521. The summed E-state index contributed by atoms with van der Waals surface area (Å²) in [5.41, 5.74) is 7.10. The minimum Gasteiger partial charge on any atom is -0.345 e. The molecule has 19 heavy (non-hydrogen) atoms. The normalized spacial score (nSPS) is 16.9. The van der Waals surface area contributed by atoms with Gasteiger partial charge in [-0.2, -0.15) is 0 Å². The number of hydrogen-bond acceptors (Lipinski definition) is 3. The maximum absolute atomic E-state index is 12.4. The first-order valence-electron chi connectivity index (χ1n) is 6.60. The van der Waals surface area contributed by atoms with Gasteiger partial charge in [-0.25, -0.2) is 0 Å². The van der Waals surface area contributed by atoms with Crippen LogP contribution < -0.4 is 11.1 Å². The van der Waals surface area contributed by atoms with Gasteiger partial charge in [-0.15, -0.1) is 0 Å². The molecule has 4 heteroatoms. The van der Waals surface area contributed by atoms with E-state index in [0.717, 1.165) is 30.2 Å². The zero-order valence-corrected chi connectivity index (χ0v) is 10.7. The highest BCUT2D eigenvalue weighted by Gasteiger charge is 2.37. The third-order valence-electron chi connectivity index (χ3n) is 3.97. The van der Waals surface area contributed by atoms with Gasteiger partial charge < -0.3 is 11.1 Å². The lowest BCUT2D eigenvalue weighted by Gasteiger charge is -2.41. The molecule has 0 bridgehead atoms. The molecule has 0 aliphatic heterocycles. The van der Waals surface area contributed by atoms with Crippen LogP contribution in [0.15, 0.2) is 36.5 Å². The van der Waals surface area contributed by atoms with Crippen LogP contribution in [0.5, 0.6) is 0 Å². The predicted octanol–water partition coefficient (Wildman–Crippen LogP) is 1.85. The average molecular weight is 255 g/mol. The van der Waals surface area contributed by atoms with E-state index >= 15 is 0 Å². The Kier molecular flexibility index (Phi) is 2.95. The SMILES string of the molecule is NCC1(NC(=O)c2cccc3ncccc23)CCC1. The van der Waals surface area contributed by atoms with Crippen molar-refractivity contribution in [1.29, 1.82) is 0 Å². The molecule has 1 aliphatic rings. The van der Waals surface area contributed by atoms with Crippen molar-refractivity contribution in [3.05, 3.63) is 42.1 Å². The first kappa shape index (κ1) is 12.1. The van der Waals surface area contributed by atoms with E-state index in [0.29, 0.717) is 12.1 Å². The van der Waals surface area contributed by atoms with Crippen LogP contribution in [0.3, 0.4) is 0 Å². The van der Waals surface area contributed by atoms with Gasteiger partial charge >= 0.3 is 0 Å². The fourth-order valence-corrected chi connectivity index (χ4v) is 2.59. The molecule has 3 N–H and O–H groups in total. The topological polar surface area (TPSA) is 68.0 Å². The second kappa shape index (κ2) is 4.63. The van der Waals surface area contributed by atoms with E-state index in [2.05, 4.69) is 10.3 Å². The molecule has 0 atom stereocenters. The molecule has 0 saturated heterocycles. The molecule has 1 fully saturated rings. The van der Waals surface area contributed by atoms with Crippen molar-refractivity contribution in [3.8, 4) is 0 Å². The van der Waals surface area contributed by atoms with Gasteiger partial charge in [-0.1, -0.05) is 12.1 Å². The van der Waals surface area contributed by atoms with Gasteiger partial charge in [0.25, 0.3) is 5.91 Å². The van der Waals surface area contributed by atoms with Crippen molar-refractivity contribution < 1.29 is 4.79 Å². The highest BCUT2D eigenvalue weighted by atomic mass is 16.1. The lowest BCUT2D eigenvalue weighted by molar-refractivity contribution is 0.0839. The van der Waals surface area contributed by atoms with Crippen LogP contribution in [0.2, 0.25) is 0 Å². The lowest BCUT2D eigenvalue weighted by atomic mass is 9.76. The summed E-state index contributed by atoms with van der Waals surface area (Å²) in [5, 5.41) is 3.98. The van der Waals surface area contributed by atoms with Gasteiger partial charge in [-0.05, 0) is 37.5 Å². The minimum absolute atomic E-state index is 0.0521. The van der Waals surface area contributed by atoms with Crippen LogP contribution in [0.4, 0.5) is 0 Å². The quantitative estimate of drug-likeness (QED) is 0.879. The fraction of sp³-hybridized carbons (Fsp3) is 0.333. The van der Waals surface area contributed by atoms with E-state index < -0.39 is 0 Å². The number of carbonyl (C=O) groups is 1. The largest absolute Gasteiger partial charge is 0.345 e. The van der Waals surface area contributed by atoms with Crippen LogP contribution in [-0.4, -0.2) is 23.0 Å². The van der Waals surface area contributed by atoms with Crippen molar-refractivity contribution in [2.24, 2.45) is 5.73 Å². The molecule has 1 amide bonds. The maximum Gasteiger partial charge on any atom is 0.252 e. The first-order valence-corrected chi connectivity index (χ1v) is 6.60. The van der Waals surface area contributed by atoms with Gasteiger partial charge in [0.2, 0.25) is 0 Å². The highest BCUT2D eigenvalue weighted by Crippen LogP contribution is 2.31. The molecule has 0 unspecified atom stereocenters. The molecule has 4 nitrogen and oxygen atoms in total. The molecular weight excluding hydrogens is 238 g/mol. The van der Waals surface area contributed by atoms with Crippen molar-refractivity contribution in [2.75, 3.05) is 6.54 Å². The lowest BCUT2D eigenvalue weighted by Crippen LogP contribution is -2.58. The number of carbonyl (C=O) groups excluding carboxylic acids is 1. The molecule has 3 rings (SSSR count). The predicted molar refractivity (Wildman–Crippen MR) is 74.8 cm³/mol. The molecule has 1 aromatic carbocycles. The molecular formula is C15H17N3O. The van der Waals surface area contributed by atoms with Crippen LogP contribution in [0, 0.1) is 0 Å². The summed E-state index contributed by atoms with van der Waals surface area (Å²) in [6, 6.07) is 9.38. The summed E-state index contributed by atoms with van der Waals surface area (Å²) >= 11 is 0. The number of nitrogens with one attached hydrogen (secondary N) is 1. The van der Waals surface area contributed by atoms with Crippen molar-refractivity contribution >= 4 is 16.8 Å². The number of nitrogens with two attached hydrogens (primary N) is 1. The van der Waals surface area contributed by atoms with E-state index in [1.165, 1.54) is 0 Å². The minimum atomic E-state index is -0.193. The van der Waals surface area contributed by atoms with Crippen molar-refractivity contribution in [2.45, 2.75) is 24.8 Å². The summed E-state index contributed by atoms with van der Waals surface area (Å²) in [6.45, 7) is 0.502. The molecule has 1 aliphatic carbocycles. The maximum atomic E-state index is 12.4. The van der Waals surface area contributed by atoms with E-state index in [1.54, 1.807) is 6.20 Å². The standard InChI is InChI=1S/C15H17N3O/c16-10-15(7-3-8-15)18-14(19)12-4-1-6-13-11(12)5-2-9-17-13/h1-2,4-6,9H,3,7-8,10,16H2,(H,18,19). The van der Waals surface area contributed by atoms with Crippen LogP contribution in [0.25, 0.3) is 10.9 Å². The smallest absolute Gasteiger partial charge is 0.252 e. The van der Waals surface area contributed by atoms with Gasteiger partial charge in [0.05, 0.1) is 11.1 Å². The second-order valence-electron chi connectivity index (χ2n) is 5.17. The second-order valence-corrected chi connectivity index (χ2v) is 5.17. The number of benzene rings is 1. The Morgan fingerprint density at radius 1 is 1.32 bits per heavy atom. The Morgan fingerprint density at radius 2 is 2.16 bits per heavy atom. The van der Waals surface area contributed by atoms with Gasteiger partial charge in [0.15, 0.2) is 0 Å². The molecule has 0 spiro atoms. The van der Waals surface area contributed by atoms with Gasteiger partial charge in [0.1, 0.15) is 0 Å². The monoisotopic (exact) mass is 255 g/mol. The molecule has 1 heterocycles. The Morgan fingerprint density at radius 3 is 2.84 bits per heavy atom. The number of aromatic nitrogens is 1. The van der Waals surface area contributed by atoms with Crippen molar-refractivity contribution in [1.82, 2.24) is 10.3 Å². The van der Waals surface area contributed by atoms with Crippen LogP contribution in [0.1, 0.15) is 29.6 Å². The Bertz CT molecular complexity index is 609. The summed E-state index contributed by atoms with van der Waals surface area (Å²) < 4.78 is 0. The number of pyridine rings is 1. The van der Waals surface area contributed by atoms with Gasteiger partial charge in [-0.3, -0.25) is 9.78 Å². The number of amides is 1. The zero-order valence-electron chi connectivity index (χ0n) is 10.7. The van der Waals surface area contributed by atoms with E-state index in [4.69, 9.17) is 5.73 Å². The number of fused-ring (bicyclic) bond motifs is 1. The van der Waals surface area contributed by atoms with Gasteiger partial charge in [0, 0.05) is 23.7 Å². The average Bonchev–Trinajstić information content (AvgIpc) is 2.42. The highest BCUT2D eigenvalue weighted by molar-refractivity contribution is 6.06. The molecule has 1 aromatic heterocycles. The summed E-state index contributed by atoms with van der Waals surface area (Å²) in [6.07, 6.45) is 4.81. The Labute approximate surface area is 112 Å². The fourth-order valence-electron chi connectivity index (χ4n) is 2.59. The van der Waals surface area contributed by atoms with Crippen molar-refractivity contribution in [3.63, 3.8) is 0 Å². The number of hydrogen-bond donors (Lipinski definition) is 2. The zero-order chi connectivity index (χ0) is 13.3. The molecule has 0 radical (unpaired) electrons. The van der Waals surface area contributed by atoms with Crippen LogP contribution in [-0.2, 0) is 0 Å². The summed E-state index contributed by atoms with van der Waals surface area (Å²) in [4.78, 5) is 16.7. The molecule has 1 saturated carbocycles. The number of rotatable bonds is 3. The Balaban J connectivity index is 1.93.